The van der Waals surface area contributed by atoms with Crippen LogP contribution in [0.15, 0.2) is 61.4 Å². The van der Waals surface area contributed by atoms with Crippen LogP contribution in [0, 0.1) is 11.3 Å². The molecule has 2 N–H and O–H groups in total. The summed E-state index contributed by atoms with van der Waals surface area (Å²) in [6.45, 7) is 1.59. The maximum absolute atomic E-state index is 12.4. The first-order chi connectivity index (χ1) is 18.9. The second kappa shape index (κ2) is 12.4. The summed E-state index contributed by atoms with van der Waals surface area (Å²) < 4.78 is 37.7. The Morgan fingerprint density at radius 1 is 1.13 bits per heavy atom. The van der Waals surface area contributed by atoms with E-state index in [1.807, 2.05) is 6.92 Å². The minimum absolute atomic E-state index is 0.170. The lowest BCUT2D eigenvalue weighted by Crippen LogP contribution is -2.28. The molecule has 11 nitrogen and oxygen atoms in total. The van der Waals surface area contributed by atoms with Crippen molar-refractivity contribution in [2.45, 2.75) is 26.0 Å². The van der Waals surface area contributed by atoms with E-state index in [1.54, 1.807) is 47.7 Å². The molecule has 0 aliphatic heterocycles. The third kappa shape index (κ3) is 7.01. The summed E-state index contributed by atoms with van der Waals surface area (Å²) in [6, 6.07) is 11.8. The Labute approximate surface area is 222 Å². The summed E-state index contributed by atoms with van der Waals surface area (Å²) >= 11 is 0. The van der Waals surface area contributed by atoms with Gasteiger partial charge in [0.15, 0.2) is 0 Å². The molecule has 0 bridgehead atoms. The van der Waals surface area contributed by atoms with Crippen LogP contribution in [0.3, 0.4) is 0 Å². The molecule has 4 rings (SSSR count). The molecule has 0 aliphatic rings. The lowest BCUT2D eigenvalue weighted by Gasteiger charge is -2.16. The number of benzene rings is 2. The molecule has 4 aromatic rings. The van der Waals surface area contributed by atoms with Crippen molar-refractivity contribution in [3.63, 3.8) is 0 Å². The minimum Gasteiger partial charge on any atom is -0.495 e. The number of halogens is 2. The quantitative estimate of drug-likeness (QED) is 0.294. The van der Waals surface area contributed by atoms with Gasteiger partial charge in [0.05, 0.1) is 31.5 Å². The molecule has 1 unspecified atom stereocenters. The molecule has 0 aliphatic carbocycles. The van der Waals surface area contributed by atoms with E-state index in [0.29, 0.717) is 34.9 Å². The van der Waals surface area contributed by atoms with E-state index in [0.717, 1.165) is 5.56 Å². The lowest BCUT2D eigenvalue weighted by atomic mass is 10.1. The summed E-state index contributed by atoms with van der Waals surface area (Å²) in [5, 5.41) is 18.7. The Morgan fingerprint density at radius 2 is 1.92 bits per heavy atom. The Bertz CT molecular complexity index is 1460. The van der Waals surface area contributed by atoms with Gasteiger partial charge in [0, 0.05) is 23.5 Å². The van der Waals surface area contributed by atoms with E-state index in [1.165, 1.54) is 25.6 Å². The zero-order valence-corrected chi connectivity index (χ0v) is 21.0. The molecule has 200 valence electrons. The second-order valence-corrected chi connectivity index (χ2v) is 8.31. The highest BCUT2D eigenvalue weighted by molar-refractivity contribution is 5.95. The van der Waals surface area contributed by atoms with Gasteiger partial charge in [0.1, 0.15) is 36.3 Å². The van der Waals surface area contributed by atoms with Gasteiger partial charge in [-0.1, -0.05) is 6.07 Å². The number of hydrogen-bond acceptors (Lipinski definition) is 9. The number of nitriles is 1. The molecule has 13 heteroatoms. The number of nitrogens with zero attached hydrogens (tertiary/aromatic N) is 6. The molecule has 2 aromatic heterocycles. The molecule has 0 saturated carbocycles. The first-order valence-corrected chi connectivity index (χ1v) is 11.7. The molecule has 0 radical (unpaired) electrons. The van der Waals surface area contributed by atoms with Crippen LogP contribution < -0.4 is 20.1 Å². The lowest BCUT2D eigenvalue weighted by molar-refractivity contribution is 0.0891. The number of amides is 1. The van der Waals surface area contributed by atoms with Crippen molar-refractivity contribution in [3.8, 4) is 28.7 Å². The average molecular weight is 535 g/mol. The van der Waals surface area contributed by atoms with Crippen LogP contribution in [0.25, 0.3) is 11.1 Å². The Balaban J connectivity index is 1.47. The zero-order chi connectivity index (χ0) is 27.8. The smallest absolute Gasteiger partial charge is 0.255 e. The van der Waals surface area contributed by atoms with Gasteiger partial charge in [-0.15, -0.1) is 0 Å². The number of alkyl halides is 2. The molecule has 1 amide bonds. The van der Waals surface area contributed by atoms with E-state index >= 15 is 0 Å². The summed E-state index contributed by atoms with van der Waals surface area (Å²) in [7, 11) is 1.42. The van der Waals surface area contributed by atoms with Gasteiger partial charge in [0.2, 0.25) is 5.95 Å². The van der Waals surface area contributed by atoms with Gasteiger partial charge in [0.25, 0.3) is 12.3 Å². The third-order valence-electron chi connectivity index (χ3n) is 5.45. The highest BCUT2D eigenvalue weighted by atomic mass is 19.3. The van der Waals surface area contributed by atoms with Crippen molar-refractivity contribution in [1.82, 2.24) is 30.0 Å². The fraction of sp³-hybridized carbons (Fsp3) is 0.231. The first kappa shape index (κ1) is 26.9. The van der Waals surface area contributed by atoms with Gasteiger partial charge in [-0.2, -0.15) is 10.4 Å². The molecular formula is C26H24F2N8O3. The number of hydrogen-bond donors (Lipinski definition) is 2. The number of carbonyl (C=O) groups excluding carboxylic acids is 1. The SMILES string of the molecule is COc1cc(C(=O)NCC(F)F)ccc1Nc1ncc(-c2ccc(C#N)c(OC(C)Cn3cncn3)c2)cn1. The fourth-order valence-electron chi connectivity index (χ4n) is 3.61. The van der Waals surface area contributed by atoms with Crippen molar-refractivity contribution in [2.75, 3.05) is 19.0 Å². The molecule has 2 heterocycles. The molecule has 2 aromatic carbocycles. The molecule has 0 saturated heterocycles. The van der Waals surface area contributed by atoms with Crippen LogP contribution in [0.1, 0.15) is 22.8 Å². The largest absolute Gasteiger partial charge is 0.495 e. The van der Waals surface area contributed by atoms with Crippen molar-refractivity contribution in [3.05, 3.63) is 72.6 Å². The van der Waals surface area contributed by atoms with Gasteiger partial charge in [-0.3, -0.25) is 4.79 Å². The number of nitrogens with one attached hydrogen (secondary N) is 2. The van der Waals surface area contributed by atoms with Crippen molar-refractivity contribution in [2.24, 2.45) is 0 Å². The zero-order valence-electron chi connectivity index (χ0n) is 21.0. The van der Waals surface area contributed by atoms with E-state index in [4.69, 9.17) is 9.47 Å². The van der Waals surface area contributed by atoms with E-state index < -0.39 is 18.9 Å². The Kier molecular flexibility index (Phi) is 8.57. The van der Waals surface area contributed by atoms with Crippen LogP contribution in [0.5, 0.6) is 11.5 Å². The number of anilines is 2. The topological polar surface area (TPSA) is 140 Å². The highest BCUT2D eigenvalue weighted by Crippen LogP contribution is 2.30. The van der Waals surface area contributed by atoms with E-state index in [-0.39, 0.29) is 17.6 Å². The van der Waals surface area contributed by atoms with E-state index in [9.17, 15) is 18.8 Å². The first-order valence-electron chi connectivity index (χ1n) is 11.7. The molecular weight excluding hydrogens is 510 g/mol. The second-order valence-electron chi connectivity index (χ2n) is 8.31. The number of aromatic nitrogens is 5. The minimum atomic E-state index is -2.64. The molecule has 0 fully saturated rings. The molecule has 1 atom stereocenters. The average Bonchev–Trinajstić information content (AvgIpc) is 3.45. The number of rotatable bonds is 11. The van der Waals surface area contributed by atoms with Gasteiger partial charge in [-0.25, -0.2) is 28.4 Å². The Morgan fingerprint density at radius 3 is 2.59 bits per heavy atom. The van der Waals surface area contributed by atoms with E-state index in [2.05, 4.69) is 36.8 Å². The normalized spacial score (nSPS) is 11.5. The van der Waals surface area contributed by atoms with Gasteiger partial charge < -0.3 is 20.1 Å². The monoisotopic (exact) mass is 534 g/mol. The van der Waals surface area contributed by atoms with Crippen LogP contribution in [0.4, 0.5) is 20.4 Å². The van der Waals surface area contributed by atoms with Crippen molar-refractivity contribution in [1.29, 1.82) is 5.26 Å². The summed E-state index contributed by atoms with van der Waals surface area (Å²) in [4.78, 5) is 24.7. The van der Waals surface area contributed by atoms with Gasteiger partial charge >= 0.3 is 0 Å². The maximum Gasteiger partial charge on any atom is 0.255 e. The van der Waals surface area contributed by atoms with Crippen LogP contribution >= 0.6 is 0 Å². The summed E-state index contributed by atoms with van der Waals surface area (Å²) in [6.07, 6.45) is 3.33. The third-order valence-corrected chi connectivity index (χ3v) is 5.45. The molecule has 0 spiro atoms. The maximum atomic E-state index is 12.4. The number of carbonyl (C=O) groups is 1. The fourth-order valence-corrected chi connectivity index (χ4v) is 3.61. The summed E-state index contributed by atoms with van der Waals surface area (Å²) in [5.41, 5.74) is 2.48. The number of methoxy groups -OCH3 is 1. The van der Waals surface area contributed by atoms with Crippen LogP contribution in [0.2, 0.25) is 0 Å². The van der Waals surface area contributed by atoms with Crippen LogP contribution in [-0.2, 0) is 6.54 Å². The van der Waals surface area contributed by atoms with Crippen molar-refractivity contribution < 1.29 is 23.0 Å². The molecule has 39 heavy (non-hydrogen) atoms. The van der Waals surface area contributed by atoms with Gasteiger partial charge in [-0.05, 0) is 42.8 Å². The Hall–Kier alpha value is -5.12. The highest BCUT2D eigenvalue weighted by Gasteiger charge is 2.14. The summed E-state index contributed by atoms with van der Waals surface area (Å²) in [5.74, 6) is 0.353. The standard InChI is InChI=1S/C26H24F2N8O3/c1-16(13-36-15-30-14-34-36)39-22-7-17(3-4-19(22)9-29)20-10-32-26(33-11-20)35-21-6-5-18(8-23(21)38-2)25(37)31-12-24(27)28/h3-8,10-11,14-16,24H,12-13H2,1-2H3,(H,31,37)(H,32,33,35). The number of ether oxygens (including phenoxy) is 2. The van der Waals surface area contributed by atoms with Crippen LogP contribution in [-0.4, -0.2) is 56.8 Å². The van der Waals surface area contributed by atoms with Crippen molar-refractivity contribution >= 4 is 17.5 Å². The predicted octanol–water partition coefficient (Wildman–Crippen LogP) is 3.82. The predicted molar refractivity (Wildman–Crippen MR) is 137 cm³/mol.